The van der Waals surface area contributed by atoms with Gasteiger partial charge in [0.15, 0.2) is 0 Å². The Morgan fingerprint density at radius 1 is 1.05 bits per heavy atom. The summed E-state index contributed by atoms with van der Waals surface area (Å²) >= 11 is 5.85. The number of hydrogen-bond donors (Lipinski definition) is 0. The van der Waals surface area contributed by atoms with Crippen molar-refractivity contribution in [2.45, 2.75) is 13.8 Å². The highest BCUT2D eigenvalue weighted by atomic mass is 35.5. The topological polar surface area (TPSA) is 40.6 Å². The fourth-order valence-corrected chi connectivity index (χ4v) is 2.48. The van der Waals surface area contributed by atoms with Crippen molar-refractivity contribution in [1.82, 2.24) is 9.80 Å². The molecule has 0 bridgehead atoms. The van der Waals surface area contributed by atoms with Crippen LogP contribution in [0.1, 0.15) is 24.2 Å². The third-order valence-electron chi connectivity index (χ3n) is 3.79. The lowest BCUT2D eigenvalue weighted by atomic mass is 9.94. The second-order valence-corrected chi connectivity index (χ2v) is 6.24. The van der Waals surface area contributed by atoms with Crippen LogP contribution in [-0.4, -0.2) is 53.7 Å². The van der Waals surface area contributed by atoms with Gasteiger partial charge >= 0.3 is 0 Å². The average molecular weight is 309 g/mol. The highest BCUT2D eigenvalue weighted by Gasteiger charge is 2.33. The molecule has 1 aliphatic rings. The molecule has 0 saturated carbocycles. The molecule has 1 aromatic carbocycles. The van der Waals surface area contributed by atoms with Crippen LogP contribution in [0.15, 0.2) is 30.3 Å². The van der Waals surface area contributed by atoms with E-state index >= 15 is 0 Å². The van der Waals surface area contributed by atoms with Gasteiger partial charge in [0, 0.05) is 37.6 Å². The summed E-state index contributed by atoms with van der Waals surface area (Å²) in [6, 6.07) is 9.24. The first-order valence-electron chi connectivity index (χ1n) is 7.15. The van der Waals surface area contributed by atoms with E-state index in [0.29, 0.717) is 37.6 Å². The Bertz CT molecular complexity index is 508. The molecule has 4 nitrogen and oxygen atoms in total. The molecule has 1 saturated heterocycles. The van der Waals surface area contributed by atoms with E-state index in [0.717, 1.165) is 0 Å². The van der Waals surface area contributed by atoms with E-state index in [1.807, 2.05) is 44.2 Å². The van der Waals surface area contributed by atoms with E-state index in [9.17, 15) is 9.59 Å². The Hall–Kier alpha value is -1.55. The lowest BCUT2D eigenvalue weighted by Crippen LogP contribution is -2.53. The van der Waals surface area contributed by atoms with Gasteiger partial charge in [0.1, 0.15) is 0 Å². The molecule has 1 aliphatic heterocycles. The number of amides is 2. The summed E-state index contributed by atoms with van der Waals surface area (Å²) in [5.74, 6) is 0.387. The van der Waals surface area contributed by atoms with Gasteiger partial charge in [-0.2, -0.15) is 0 Å². The SMILES string of the molecule is CC(C)(CCl)C(=O)N1CCN(C(=O)c2ccccc2)CC1. The molecule has 1 fully saturated rings. The van der Waals surface area contributed by atoms with Crippen LogP contribution in [0.5, 0.6) is 0 Å². The zero-order valence-electron chi connectivity index (χ0n) is 12.5. The van der Waals surface area contributed by atoms with E-state index in [-0.39, 0.29) is 11.8 Å². The van der Waals surface area contributed by atoms with Gasteiger partial charge in [-0.1, -0.05) is 18.2 Å². The molecule has 0 radical (unpaired) electrons. The fraction of sp³-hybridized carbons (Fsp3) is 0.500. The number of alkyl halides is 1. The van der Waals surface area contributed by atoms with Crippen molar-refractivity contribution in [3.63, 3.8) is 0 Å². The van der Waals surface area contributed by atoms with E-state index in [1.165, 1.54) is 0 Å². The lowest BCUT2D eigenvalue weighted by Gasteiger charge is -2.38. The monoisotopic (exact) mass is 308 g/mol. The highest BCUT2D eigenvalue weighted by Crippen LogP contribution is 2.22. The summed E-state index contributed by atoms with van der Waals surface area (Å²) in [6.07, 6.45) is 0. The Balaban J connectivity index is 1.95. The van der Waals surface area contributed by atoms with Gasteiger partial charge in [-0.05, 0) is 26.0 Å². The van der Waals surface area contributed by atoms with Crippen LogP contribution in [-0.2, 0) is 4.79 Å². The number of piperazine rings is 1. The molecule has 2 rings (SSSR count). The third kappa shape index (κ3) is 3.56. The number of hydrogen-bond acceptors (Lipinski definition) is 2. The normalized spacial score (nSPS) is 16.0. The Morgan fingerprint density at radius 2 is 1.57 bits per heavy atom. The molecule has 0 spiro atoms. The Kier molecular flexibility index (Phi) is 4.88. The van der Waals surface area contributed by atoms with Crippen LogP contribution >= 0.6 is 11.6 Å². The maximum absolute atomic E-state index is 12.3. The maximum Gasteiger partial charge on any atom is 0.253 e. The van der Waals surface area contributed by atoms with E-state index in [2.05, 4.69) is 0 Å². The van der Waals surface area contributed by atoms with Crippen molar-refractivity contribution in [3.05, 3.63) is 35.9 Å². The van der Waals surface area contributed by atoms with Crippen molar-refractivity contribution in [2.24, 2.45) is 5.41 Å². The molecule has 0 N–H and O–H groups in total. The second-order valence-electron chi connectivity index (χ2n) is 5.97. The molecule has 1 heterocycles. The maximum atomic E-state index is 12.3. The minimum Gasteiger partial charge on any atom is -0.339 e. The number of rotatable bonds is 3. The van der Waals surface area contributed by atoms with Crippen molar-refractivity contribution in [1.29, 1.82) is 0 Å². The van der Waals surface area contributed by atoms with Gasteiger partial charge in [0.2, 0.25) is 5.91 Å². The van der Waals surface area contributed by atoms with Gasteiger partial charge in [-0.15, -0.1) is 11.6 Å². The van der Waals surface area contributed by atoms with Crippen LogP contribution < -0.4 is 0 Å². The third-order valence-corrected chi connectivity index (χ3v) is 4.46. The van der Waals surface area contributed by atoms with Crippen LogP contribution in [0.4, 0.5) is 0 Å². The van der Waals surface area contributed by atoms with Crippen molar-refractivity contribution in [2.75, 3.05) is 32.1 Å². The quantitative estimate of drug-likeness (QED) is 0.804. The van der Waals surface area contributed by atoms with E-state index in [4.69, 9.17) is 11.6 Å². The molecule has 0 aliphatic carbocycles. The number of carbonyl (C=O) groups is 2. The summed E-state index contributed by atoms with van der Waals surface area (Å²) in [7, 11) is 0. The standard InChI is InChI=1S/C16H21ClN2O2/c1-16(2,12-17)15(21)19-10-8-18(9-11-19)14(20)13-6-4-3-5-7-13/h3-7H,8-12H2,1-2H3. The molecular formula is C16H21ClN2O2. The minimum absolute atomic E-state index is 0.0271. The van der Waals surface area contributed by atoms with Crippen molar-refractivity contribution < 1.29 is 9.59 Å². The lowest BCUT2D eigenvalue weighted by molar-refractivity contribution is -0.140. The van der Waals surface area contributed by atoms with Crippen LogP contribution in [0, 0.1) is 5.41 Å². The summed E-state index contributed by atoms with van der Waals surface area (Å²) in [6.45, 7) is 5.97. The smallest absolute Gasteiger partial charge is 0.253 e. The highest BCUT2D eigenvalue weighted by molar-refractivity contribution is 6.19. The molecule has 21 heavy (non-hydrogen) atoms. The van der Waals surface area contributed by atoms with Crippen LogP contribution in [0.3, 0.4) is 0 Å². The van der Waals surface area contributed by atoms with Gasteiger partial charge < -0.3 is 9.80 Å². The van der Waals surface area contributed by atoms with Gasteiger partial charge in [0.05, 0.1) is 5.41 Å². The molecule has 0 aromatic heterocycles. The Labute approximate surface area is 130 Å². The van der Waals surface area contributed by atoms with Gasteiger partial charge in [-0.3, -0.25) is 9.59 Å². The van der Waals surface area contributed by atoms with E-state index in [1.54, 1.807) is 9.80 Å². The number of nitrogens with zero attached hydrogens (tertiary/aromatic N) is 2. The summed E-state index contributed by atoms with van der Waals surface area (Å²) < 4.78 is 0. The average Bonchev–Trinajstić information content (AvgIpc) is 2.54. The summed E-state index contributed by atoms with van der Waals surface area (Å²) in [5.41, 5.74) is 0.144. The van der Waals surface area contributed by atoms with Gasteiger partial charge in [-0.25, -0.2) is 0 Å². The van der Waals surface area contributed by atoms with E-state index < -0.39 is 5.41 Å². The fourth-order valence-electron chi connectivity index (χ4n) is 2.36. The molecule has 1 aromatic rings. The first kappa shape index (κ1) is 15.8. The number of benzene rings is 1. The van der Waals surface area contributed by atoms with Crippen molar-refractivity contribution >= 4 is 23.4 Å². The zero-order valence-corrected chi connectivity index (χ0v) is 13.3. The predicted molar refractivity (Wildman–Crippen MR) is 83.4 cm³/mol. The first-order valence-corrected chi connectivity index (χ1v) is 7.69. The summed E-state index contributed by atoms with van der Waals surface area (Å²) in [4.78, 5) is 28.3. The summed E-state index contributed by atoms with van der Waals surface area (Å²) in [5, 5.41) is 0. The first-order chi connectivity index (χ1) is 9.95. The van der Waals surface area contributed by atoms with Crippen LogP contribution in [0.2, 0.25) is 0 Å². The molecule has 0 unspecified atom stereocenters. The molecule has 5 heteroatoms. The van der Waals surface area contributed by atoms with Crippen LogP contribution in [0.25, 0.3) is 0 Å². The number of halogens is 1. The molecule has 2 amide bonds. The van der Waals surface area contributed by atoms with Gasteiger partial charge in [0.25, 0.3) is 5.91 Å². The molecule has 114 valence electrons. The van der Waals surface area contributed by atoms with Crippen molar-refractivity contribution in [3.8, 4) is 0 Å². The largest absolute Gasteiger partial charge is 0.339 e. The Morgan fingerprint density at radius 3 is 2.10 bits per heavy atom. The molecule has 0 atom stereocenters. The number of carbonyl (C=O) groups excluding carboxylic acids is 2. The second kappa shape index (κ2) is 6.48. The zero-order chi connectivity index (χ0) is 15.5. The molecular weight excluding hydrogens is 288 g/mol. The predicted octanol–water partition coefficient (Wildman–Crippen LogP) is 2.24. The minimum atomic E-state index is -0.548.